The zero-order valence-electron chi connectivity index (χ0n) is 13.6. The van der Waals surface area contributed by atoms with Gasteiger partial charge in [0.25, 0.3) is 0 Å². The first-order valence-electron chi connectivity index (χ1n) is 7.06. The van der Waals surface area contributed by atoms with Crippen LogP contribution in [0.3, 0.4) is 0 Å². The Bertz CT molecular complexity index is 378. The van der Waals surface area contributed by atoms with E-state index < -0.39 is 17.7 Å². The highest BCUT2D eigenvalue weighted by Crippen LogP contribution is 2.37. The summed E-state index contributed by atoms with van der Waals surface area (Å²) in [5.74, 6) is -0.373. The van der Waals surface area contributed by atoms with Crippen LogP contribution in [0.1, 0.15) is 54.4 Å². The Labute approximate surface area is 121 Å². The number of likely N-dealkylation sites (tertiary alicyclic amines) is 1. The van der Waals surface area contributed by atoms with Gasteiger partial charge in [-0.1, -0.05) is 20.8 Å². The van der Waals surface area contributed by atoms with Crippen molar-refractivity contribution in [1.29, 1.82) is 0 Å². The number of carbonyl (C=O) groups is 2. The Morgan fingerprint density at radius 1 is 1.05 bits per heavy atom. The fraction of sp³-hybridized carbons (Fsp3) is 0.867. The molecule has 0 bridgehead atoms. The van der Waals surface area contributed by atoms with Crippen LogP contribution < -0.4 is 0 Å². The van der Waals surface area contributed by atoms with Crippen molar-refractivity contribution in [3.05, 3.63) is 0 Å². The van der Waals surface area contributed by atoms with Crippen LogP contribution in [0.4, 0.5) is 4.79 Å². The fourth-order valence-electron chi connectivity index (χ4n) is 2.60. The summed E-state index contributed by atoms with van der Waals surface area (Å²) in [7, 11) is 1.35. The summed E-state index contributed by atoms with van der Waals surface area (Å²) in [4.78, 5) is 25.9. The molecule has 116 valence electrons. The first-order chi connectivity index (χ1) is 8.97. The van der Waals surface area contributed by atoms with Gasteiger partial charge in [-0.2, -0.15) is 0 Å². The van der Waals surface area contributed by atoms with Crippen molar-refractivity contribution in [3.8, 4) is 0 Å². The van der Waals surface area contributed by atoms with Gasteiger partial charge in [-0.05, 0) is 39.0 Å². The number of esters is 1. The lowest BCUT2D eigenvalue weighted by molar-refractivity contribution is -0.146. The molecule has 1 aliphatic rings. The second-order valence-corrected chi connectivity index (χ2v) is 7.39. The van der Waals surface area contributed by atoms with E-state index in [4.69, 9.17) is 9.47 Å². The van der Waals surface area contributed by atoms with Gasteiger partial charge in [-0.25, -0.2) is 9.59 Å². The van der Waals surface area contributed by atoms with Crippen molar-refractivity contribution in [2.75, 3.05) is 7.11 Å². The zero-order chi connectivity index (χ0) is 15.7. The van der Waals surface area contributed by atoms with Gasteiger partial charge in [-0.3, -0.25) is 4.90 Å². The summed E-state index contributed by atoms with van der Waals surface area (Å²) in [6.45, 7) is 11.7. The molecule has 0 spiro atoms. The van der Waals surface area contributed by atoms with Crippen LogP contribution in [-0.4, -0.2) is 41.8 Å². The SMILES string of the molecule is COC(=O)[C@H]1CC[C@H](C(C)(C)C)N1C(=O)OC(C)(C)C. The fourth-order valence-corrected chi connectivity index (χ4v) is 2.60. The van der Waals surface area contributed by atoms with Gasteiger partial charge in [0.2, 0.25) is 0 Å². The van der Waals surface area contributed by atoms with Crippen molar-refractivity contribution < 1.29 is 19.1 Å². The second-order valence-electron chi connectivity index (χ2n) is 7.39. The average Bonchev–Trinajstić information content (AvgIpc) is 2.69. The van der Waals surface area contributed by atoms with Gasteiger partial charge in [0.15, 0.2) is 0 Å². The summed E-state index contributed by atoms with van der Waals surface area (Å²) in [6.07, 6.45) is 0.960. The van der Waals surface area contributed by atoms with Crippen LogP contribution in [0.25, 0.3) is 0 Å². The predicted octanol–water partition coefficient (Wildman–Crippen LogP) is 2.97. The number of ether oxygens (including phenoxy) is 2. The van der Waals surface area contributed by atoms with E-state index in [1.54, 1.807) is 4.90 Å². The molecule has 1 heterocycles. The van der Waals surface area contributed by atoms with Crippen LogP contribution in [0.2, 0.25) is 0 Å². The molecule has 20 heavy (non-hydrogen) atoms. The van der Waals surface area contributed by atoms with Crippen molar-refractivity contribution in [1.82, 2.24) is 4.90 Å². The Hall–Kier alpha value is -1.26. The van der Waals surface area contributed by atoms with Crippen LogP contribution in [-0.2, 0) is 14.3 Å². The minimum absolute atomic E-state index is 0.0264. The molecule has 0 unspecified atom stereocenters. The van der Waals surface area contributed by atoms with E-state index in [0.717, 1.165) is 6.42 Å². The lowest BCUT2D eigenvalue weighted by Crippen LogP contribution is -2.51. The Kier molecular flexibility index (Phi) is 4.72. The van der Waals surface area contributed by atoms with Crippen LogP contribution in [0.5, 0.6) is 0 Å². The number of nitrogens with zero attached hydrogens (tertiary/aromatic N) is 1. The number of carbonyl (C=O) groups excluding carboxylic acids is 2. The standard InChI is InChI=1S/C15H27NO4/c1-14(2,3)11-9-8-10(12(17)19-7)16(11)13(18)20-15(4,5)6/h10-11H,8-9H2,1-7H3/t10-,11-/m1/s1. The van der Waals surface area contributed by atoms with Gasteiger partial charge in [-0.15, -0.1) is 0 Å². The van der Waals surface area contributed by atoms with E-state index in [2.05, 4.69) is 20.8 Å². The van der Waals surface area contributed by atoms with E-state index in [-0.39, 0.29) is 17.4 Å². The summed E-state index contributed by atoms with van der Waals surface area (Å²) in [5.41, 5.74) is -0.692. The molecule has 0 saturated carbocycles. The Morgan fingerprint density at radius 3 is 2.00 bits per heavy atom. The Balaban J connectivity index is 3.02. The first-order valence-corrected chi connectivity index (χ1v) is 7.06. The third-order valence-corrected chi connectivity index (χ3v) is 3.46. The van der Waals surface area contributed by atoms with Gasteiger partial charge in [0.05, 0.1) is 7.11 Å². The molecule has 0 aromatic rings. The molecular weight excluding hydrogens is 258 g/mol. The molecule has 0 N–H and O–H groups in total. The van der Waals surface area contributed by atoms with E-state index >= 15 is 0 Å². The summed E-state index contributed by atoms with van der Waals surface area (Å²) in [5, 5.41) is 0. The van der Waals surface area contributed by atoms with Crippen LogP contribution in [0, 0.1) is 5.41 Å². The minimum Gasteiger partial charge on any atom is -0.467 e. The highest BCUT2D eigenvalue weighted by molar-refractivity contribution is 5.82. The van der Waals surface area contributed by atoms with Crippen LogP contribution >= 0.6 is 0 Å². The molecule has 1 fully saturated rings. The lowest BCUT2D eigenvalue weighted by Gasteiger charge is -2.37. The monoisotopic (exact) mass is 285 g/mol. The lowest BCUT2D eigenvalue weighted by atomic mass is 9.85. The number of methoxy groups -OCH3 is 1. The van der Waals surface area contributed by atoms with E-state index in [0.29, 0.717) is 6.42 Å². The van der Waals surface area contributed by atoms with E-state index in [1.807, 2.05) is 20.8 Å². The normalized spacial score (nSPS) is 23.6. The van der Waals surface area contributed by atoms with E-state index in [1.165, 1.54) is 7.11 Å². The van der Waals surface area contributed by atoms with Gasteiger partial charge in [0.1, 0.15) is 11.6 Å². The third-order valence-electron chi connectivity index (χ3n) is 3.46. The van der Waals surface area contributed by atoms with E-state index in [9.17, 15) is 9.59 Å². The van der Waals surface area contributed by atoms with Crippen molar-refractivity contribution in [3.63, 3.8) is 0 Å². The molecule has 0 aromatic carbocycles. The summed E-state index contributed by atoms with van der Waals surface area (Å²) in [6, 6.07) is -0.569. The highest BCUT2D eigenvalue weighted by atomic mass is 16.6. The molecular formula is C15H27NO4. The maximum absolute atomic E-state index is 12.4. The van der Waals surface area contributed by atoms with Crippen LogP contribution in [0.15, 0.2) is 0 Å². The predicted molar refractivity (Wildman–Crippen MR) is 76.4 cm³/mol. The number of amides is 1. The smallest absolute Gasteiger partial charge is 0.411 e. The van der Waals surface area contributed by atoms with Crippen molar-refractivity contribution in [2.45, 2.75) is 72.1 Å². The molecule has 2 atom stereocenters. The first kappa shape index (κ1) is 16.8. The molecule has 0 aliphatic carbocycles. The molecule has 0 aromatic heterocycles. The maximum atomic E-state index is 12.4. The zero-order valence-corrected chi connectivity index (χ0v) is 13.6. The molecule has 1 amide bonds. The molecule has 5 nitrogen and oxygen atoms in total. The number of hydrogen-bond donors (Lipinski definition) is 0. The molecule has 0 radical (unpaired) electrons. The third kappa shape index (κ3) is 3.87. The summed E-state index contributed by atoms with van der Waals surface area (Å²) >= 11 is 0. The average molecular weight is 285 g/mol. The summed E-state index contributed by atoms with van der Waals surface area (Å²) < 4.78 is 10.3. The van der Waals surface area contributed by atoms with Gasteiger partial charge < -0.3 is 9.47 Å². The number of hydrogen-bond acceptors (Lipinski definition) is 4. The topological polar surface area (TPSA) is 55.8 Å². The van der Waals surface area contributed by atoms with Crippen molar-refractivity contribution in [2.24, 2.45) is 5.41 Å². The Morgan fingerprint density at radius 2 is 1.60 bits per heavy atom. The maximum Gasteiger partial charge on any atom is 0.411 e. The highest BCUT2D eigenvalue weighted by Gasteiger charge is 2.47. The quantitative estimate of drug-likeness (QED) is 0.695. The molecule has 5 heteroatoms. The van der Waals surface area contributed by atoms with Gasteiger partial charge in [0, 0.05) is 6.04 Å². The largest absolute Gasteiger partial charge is 0.467 e. The molecule has 1 rings (SSSR count). The molecule has 1 saturated heterocycles. The molecule has 1 aliphatic heterocycles. The van der Waals surface area contributed by atoms with Gasteiger partial charge >= 0.3 is 12.1 Å². The van der Waals surface area contributed by atoms with Crippen molar-refractivity contribution >= 4 is 12.1 Å². The minimum atomic E-state index is -0.581. The number of rotatable bonds is 1. The second kappa shape index (κ2) is 5.62.